The van der Waals surface area contributed by atoms with Crippen LogP contribution in [0.2, 0.25) is 0 Å². The lowest BCUT2D eigenvalue weighted by Gasteiger charge is -2.09. The molecule has 40 valence electrons. The number of cyclic esters (lactones) is 1. The molecule has 1 aliphatic heterocycles. The molecule has 1 fully saturated rings. The molecule has 0 atom stereocenters. The maximum absolute atomic E-state index is 10.7. The summed E-state index contributed by atoms with van der Waals surface area (Å²) in [5, 5.41) is 0. The summed E-state index contributed by atoms with van der Waals surface area (Å²) in [7, 11) is 0. The number of hydrogen-bond acceptors (Lipinski definition) is 3. The molecule has 1 aliphatic rings. The van der Waals surface area contributed by atoms with E-state index in [9.17, 15) is 4.79 Å². The van der Waals surface area contributed by atoms with E-state index in [0.717, 1.165) is 0 Å². The average Bonchev–Trinajstić information content (AvgIpc) is 1.80. The molecule has 0 aromatic heterocycles. The second kappa shape index (κ2) is 1.93. The van der Waals surface area contributed by atoms with Gasteiger partial charge in [-0.15, -0.1) is 0 Å². The van der Waals surface area contributed by atoms with Crippen molar-refractivity contribution in [3.63, 3.8) is 0 Å². The minimum absolute atomic E-state index is 1.58. The fourth-order valence-electron chi connectivity index (χ4n) is 0.176. The molecule has 0 aromatic rings. The van der Waals surface area contributed by atoms with Crippen LogP contribution in [0.3, 0.4) is 0 Å². The summed E-state index contributed by atoms with van der Waals surface area (Å²) < 4.78 is 49.2. The van der Waals surface area contributed by atoms with Crippen molar-refractivity contribution in [2.24, 2.45) is 0 Å². The smallest absolute Gasteiger partial charge is 0.332 e. The maximum atomic E-state index is 10.7. The lowest BCUT2D eigenvalue weighted by molar-refractivity contribution is -0.159. The summed E-state index contributed by atoms with van der Waals surface area (Å²) in [4.78, 5) is 10.7. The lowest BCUT2D eigenvalue weighted by atomic mass is 10.6. The molecule has 1 heterocycles. The highest BCUT2D eigenvalue weighted by molar-refractivity contribution is 5.71. The Kier molecular flexibility index (Phi) is 0.338. The SMILES string of the molecule is [2H]C1([2H])OC([2H])([2H])C([2H])([2H])OC1=O. The van der Waals surface area contributed by atoms with Gasteiger partial charge in [-0.05, 0) is 0 Å². The van der Waals surface area contributed by atoms with Crippen molar-refractivity contribution in [2.75, 3.05) is 19.7 Å². The molecule has 1 rings (SSSR count). The Hall–Kier alpha value is -0.570. The third-order valence-corrected chi connectivity index (χ3v) is 0.371. The van der Waals surface area contributed by atoms with Crippen molar-refractivity contribution in [1.29, 1.82) is 0 Å². The van der Waals surface area contributed by atoms with Gasteiger partial charge in [0.2, 0.25) is 0 Å². The largest absolute Gasteiger partial charge is 0.462 e. The Labute approximate surface area is 49.6 Å². The van der Waals surface area contributed by atoms with Crippen LogP contribution < -0.4 is 0 Å². The highest BCUT2D eigenvalue weighted by Gasteiger charge is 2.06. The van der Waals surface area contributed by atoms with Crippen molar-refractivity contribution >= 4 is 5.97 Å². The molecule has 0 radical (unpaired) electrons. The van der Waals surface area contributed by atoms with Crippen LogP contribution in [-0.2, 0) is 14.3 Å². The van der Waals surface area contributed by atoms with Crippen molar-refractivity contribution in [3.8, 4) is 0 Å². The standard InChI is InChI=1S/C4H6O3/c5-4-3-6-1-2-7-4/h1-3H2/i1D2,2D2,3D2. The number of esters is 1. The first kappa shape index (κ1) is 1.23. The van der Waals surface area contributed by atoms with Gasteiger partial charge in [-0.25, -0.2) is 4.79 Å². The normalized spacial score (nSPS) is 55.7. The number of rotatable bonds is 0. The Morgan fingerprint density at radius 3 is 3.29 bits per heavy atom. The van der Waals surface area contributed by atoms with Gasteiger partial charge in [0.25, 0.3) is 0 Å². The molecule has 0 saturated carbocycles. The topological polar surface area (TPSA) is 35.5 Å². The molecular weight excluding hydrogens is 96.0 g/mol. The van der Waals surface area contributed by atoms with Gasteiger partial charge >= 0.3 is 5.97 Å². The van der Waals surface area contributed by atoms with Crippen molar-refractivity contribution in [2.45, 2.75) is 0 Å². The zero-order chi connectivity index (χ0) is 10.5. The maximum Gasteiger partial charge on any atom is 0.332 e. The summed E-state index contributed by atoms with van der Waals surface area (Å²) in [6.07, 6.45) is 0. The molecule has 0 aliphatic carbocycles. The van der Waals surface area contributed by atoms with Crippen molar-refractivity contribution in [3.05, 3.63) is 0 Å². The Morgan fingerprint density at radius 1 is 1.71 bits per heavy atom. The second-order valence-electron chi connectivity index (χ2n) is 0.798. The molecular formula is C4H6O3. The third-order valence-electron chi connectivity index (χ3n) is 0.371. The average molecular weight is 108 g/mol. The molecule has 3 nitrogen and oxygen atoms in total. The summed E-state index contributed by atoms with van der Waals surface area (Å²) in [5.41, 5.74) is 0. The molecule has 3 heteroatoms. The van der Waals surface area contributed by atoms with E-state index in [1.165, 1.54) is 0 Å². The van der Waals surface area contributed by atoms with Gasteiger partial charge in [0, 0.05) is 0 Å². The first-order valence-electron chi connectivity index (χ1n) is 4.52. The van der Waals surface area contributed by atoms with Crippen molar-refractivity contribution in [1.82, 2.24) is 0 Å². The molecule has 7 heavy (non-hydrogen) atoms. The van der Waals surface area contributed by atoms with Gasteiger partial charge in [0.05, 0.1) is 14.8 Å². The van der Waals surface area contributed by atoms with E-state index >= 15 is 0 Å². The summed E-state index contributed by atoms with van der Waals surface area (Å²) in [6, 6.07) is 0. The number of carbonyl (C=O) groups is 1. The van der Waals surface area contributed by atoms with Gasteiger partial charge in [0.1, 0.15) is 13.1 Å². The van der Waals surface area contributed by atoms with Gasteiger partial charge in [0.15, 0.2) is 0 Å². The molecule has 0 amide bonds. The van der Waals surface area contributed by atoms with Crippen LogP contribution in [0.1, 0.15) is 8.22 Å². The first-order valence-corrected chi connectivity index (χ1v) is 1.52. The molecule has 0 aromatic carbocycles. The summed E-state index contributed by atoms with van der Waals surface area (Å²) in [6.45, 7) is -8.92. The van der Waals surface area contributed by atoms with E-state index in [0.29, 0.717) is 0 Å². The first-order chi connectivity index (χ1) is 5.58. The zero-order valence-corrected chi connectivity index (χ0v) is 3.22. The zero-order valence-electron chi connectivity index (χ0n) is 9.22. The predicted octanol–water partition coefficient (Wildman–Crippen LogP) is -0.440. The van der Waals surface area contributed by atoms with Crippen LogP contribution in [0.5, 0.6) is 0 Å². The van der Waals surface area contributed by atoms with Crippen LogP contribution in [0.4, 0.5) is 0 Å². The monoisotopic (exact) mass is 108 g/mol. The number of carbonyl (C=O) groups excluding carboxylic acids is 1. The van der Waals surface area contributed by atoms with E-state index in [4.69, 9.17) is 8.22 Å². The van der Waals surface area contributed by atoms with E-state index < -0.39 is 25.6 Å². The van der Waals surface area contributed by atoms with Crippen LogP contribution in [0.25, 0.3) is 0 Å². The number of ether oxygens (including phenoxy) is 2. The van der Waals surface area contributed by atoms with E-state index in [-0.39, 0.29) is 0 Å². The summed E-state index contributed by atoms with van der Waals surface area (Å²) in [5.74, 6) is -1.58. The highest BCUT2D eigenvalue weighted by atomic mass is 16.6. The Morgan fingerprint density at radius 2 is 2.57 bits per heavy atom. The van der Waals surface area contributed by atoms with Crippen LogP contribution >= 0.6 is 0 Å². The lowest BCUT2D eigenvalue weighted by Crippen LogP contribution is -2.22. The van der Waals surface area contributed by atoms with E-state index in [2.05, 4.69) is 9.47 Å². The molecule has 0 N–H and O–H groups in total. The predicted molar refractivity (Wildman–Crippen MR) is 21.8 cm³/mol. The molecule has 0 unspecified atom stereocenters. The summed E-state index contributed by atoms with van der Waals surface area (Å²) >= 11 is 0. The van der Waals surface area contributed by atoms with Crippen LogP contribution in [-0.4, -0.2) is 25.6 Å². The van der Waals surface area contributed by atoms with Gasteiger partial charge in [-0.1, -0.05) is 0 Å². The fraction of sp³-hybridized carbons (Fsp3) is 0.750. The van der Waals surface area contributed by atoms with Crippen LogP contribution in [0.15, 0.2) is 0 Å². The van der Waals surface area contributed by atoms with Crippen molar-refractivity contribution < 1.29 is 22.5 Å². The van der Waals surface area contributed by atoms with E-state index in [1.807, 2.05) is 0 Å². The van der Waals surface area contributed by atoms with Gasteiger partial charge in [-0.2, -0.15) is 0 Å². The Bertz CT molecular complexity index is 248. The quantitative estimate of drug-likeness (QED) is 0.395. The molecule has 0 bridgehead atoms. The fourth-order valence-corrected chi connectivity index (χ4v) is 0.176. The van der Waals surface area contributed by atoms with Gasteiger partial charge < -0.3 is 9.47 Å². The Balaban J connectivity index is 3.00. The molecule has 1 saturated heterocycles. The minimum atomic E-state index is -3.00. The second-order valence-corrected chi connectivity index (χ2v) is 0.798. The van der Waals surface area contributed by atoms with E-state index in [1.54, 1.807) is 0 Å². The highest BCUT2D eigenvalue weighted by Crippen LogP contribution is 1.88. The number of hydrogen-bond donors (Lipinski definition) is 0. The third kappa shape index (κ3) is 1.16. The minimum Gasteiger partial charge on any atom is -0.462 e. The van der Waals surface area contributed by atoms with Gasteiger partial charge in [-0.3, -0.25) is 0 Å². The molecule has 0 spiro atoms. The van der Waals surface area contributed by atoms with Crippen LogP contribution in [0, 0.1) is 0 Å².